The lowest BCUT2D eigenvalue weighted by Crippen LogP contribution is -2.18. The van der Waals surface area contributed by atoms with Crippen molar-refractivity contribution in [2.45, 2.75) is 19.5 Å². The first-order valence-electron chi connectivity index (χ1n) is 6.29. The van der Waals surface area contributed by atoms with Crippen LogP contribution in [0.3, 0.4) is 0 Å². The maximum atomic E-state index is 13.2. The molecule has 0 aliphatic carbocycles. The van der Waals surface area contributed by atoms with E-state index in [-0.39, 0.29) is 18.3 Å². The third-order valence-corrected chi connectivity index (χ3v) is 3.14. The quantitative estimate of drug-likeness (QED) is 0.669. The van der Waals surface area contributed by atoms with Gasteiger partial charge in [0.05, 0.1) is 4.92 Å². The molecule has 0 radical (unpaired) electrons. The third-order valence-electron chi connectivity index (χ3n) is 3.14. The Kier molecular flexibility index (Phi) is 4.42. The number of hydrogen-bond acceptors (Lipinski definition) is 3. The number of nitrogens with zero attached hydrogens (tertiary/aromatic N) is 1. The number of hydrogen-bond donors (Lipinski definition) is 1. The Morgan fingerprint density at radius 3 is 2.60 bits per heavy atom. The molecular weight excluding hydrogens is 259 g/mol. The fourth-order valence-electron chi connectivity index (χ4n) is 2.00. The van der Waals surface area contributed by atoms with Crippen molar-refractivity contribution in [1.82, 2.24) is 5.32 Å². The summed E-state index contributed by atoms with van der Waals surface area (Å²) in [5.41, 5.74) is 1.35. The normalized spacial score (nSPS) is 12.1. The van der Waals surface area contributed by atoms with Crippen molar-refractivity contribution in [3.63, 3.8) is 0 Å². The van der Waals surface area contributed by atoms with Crippen molar-refractivity contribution in [2.75, 3.05) is 0 Å². The van der Waals surface area contributed by atoms with E-state index in [2.05, 4.69) is 5.32 Å². The van der Waals surface area contributed by atoms with Gasteiger partial charge in [-0.1, -0.05) is 30.3 Å². The molecule has 1 atom stereocenters. The molecular formula is C15H15FN2O2. The van der Waals surface area contributed by atoms with Crippen LogP contribution in [0.5, 0.6) is 0 Å². The minimum Gasteiger partial charge on any atom is -0.306 e. The van der Waals surface area contributed by atoms with Crippen LogP contribution in [0.15, 0.2) is 48.5 Å². The minimum atomic E-state index is -0.496. The van der Waals surface area contributed by atoms with Gasteiger partial charge in [-0.05, 0) is 24.6 Å². The zero-order chi connectivity index (χ0) is 14.5. The monoisotopic (exact) mass is 274 g/mol. The zero-order valence-electron chi connectivity index (χ0n) is 11.0. The molecule has 1 N–H and O–H groups in total. The van der Waals surface area contributed by atoms with Crippen LogP contribution in [0.4, 0.5) is 10.1 Å². The van der Waals surface area contributed by atoms with Crippen LogP contribution >= 0.6 is 0 Å². The molecule has 0 amide bonds. The Balaban J connectivity index is 2.11. The number of benzene rings is 2. The van der Waals surface area contributed by atoms with Crippen LogP contribution in [0, 0.1) is 15.9 Å². The molecule has 0 fully saturated rings. The van der Waals surface area contributed by atoms with Crippen LogP contribution in [0.1, 0.15) is 24.1 Å². The summed E-state index contributed by atoms with van der Waals surface area (Å²) >= 11 is 0. The summed E-state index contributed by atoms with van der Waals surface area (Å²) in [5, 5.41) is 14.1. The molecule has 0 spiro atoms. The number of nitrogens with one attached hydrogen (secondary N) is 1. The molecule has 0 saturated heterocycles. The van der Waals surface area contributed by atoms with E-state index >= 15 is 0 Å². The van der Waals surface area contributed by atoms with Crippen molar-refractivity contribution >= 4 is 5.69 Å². The van der Waals surface area contributed by atoms with Crippen LogP contribution in [-0.2, 0) is 6.54 Å². The highest BCUT2D eigenvalue weighted by Crippen LogP contribution is 2.20. The number of halogens is 1. The van der Waals surface area contributed by atoms with Crippen molar-refractivity contribution in [1.29, 1.82) is 0 Å². The van der Waals surface area contributed by atoms with E-state index in [0.717, 1.165) is 11.6 Å². The van der Waals surface area contributed by atoms with Gasteiger partial charge in [-0.15, -0.1) is 0 Å². The van der Waals surface area contributed by atoms with E-state index in [1.807, 2.05) is 37.3 Å². The fourth-order valence-corrected chi connectivity index (χ4v) is 2.00. The van der Waals surface area contributed by atoms with E-state index in [4.69, 9.17) is 0 Å². The highest BCUT2D eigenvalue weighted by atomic mass is 19.1. The second kappa shape index (κ2) is 6.25. The number of nitro groups is 1. The third kappa shape index (κ3) is 3.39. The Morgan fingerprint density at radius 2 is 1.95 bits per heavy atom. The van der Waals surface area contributed by atoms with Gasteiger partial charge in [0, 0.05) is 24.2 Å². The van der Waals surface area contributed by atoms with Gasteiger partial charge in [0.1, 0.15) is 5.82 Å². The molecule has 4 nitrogen and oxygen atoms in total. The molecule has 0 aromatic heterocycles. The standard InChI is InChI=1S/C15H15FN2O2/c1-11(12-5-3-2-4-6-12)17-10-13-9-14(16)7-8-15(13)18(19)20/h2-9,11,17H,10H2,1H3/t11-/m0/s1. The Bertz CT molecular complexity index is 602. The lowest BCUT2D eigenvalue weighted by Gasteiger charge is -2.14. The first kappa shape index (κ1) is 14.1. The lowest BCUT2D eigenvalue weighted by molar-refractivity contribution is -0.385. The van der Waals surface area contributed by atoms with Crippen LogP contribution < -0.4 is 5.32 Å². The smallest absolute Gasteiger partial charge is 0.274 e. The molecule has 20 heavy (non-hydrogen) atoms. The van der Waals surface area contributed by atoms with Crippen molar-refractivity contribution in [3.8, 4) is 0 Å². The topological polar surface area (TPSA) is 55.2 Å². The Morgan fingerprint density at radius 1 is 1.25 bits per heavy atom. The zero-order valence-corrected chi connectivity index (χ0v) is 11.0. The van der Waals surface area contributed by atoms with Gasteiger partial charge in [-0.2, -0.15) is 0 Å². The van der Waals surface area contributed by atoms with E-state index in [0.29, 0.717) is 5.56 Å². The summed E-state index contributed by atoms with van der Waals surface area (Å²) in [5.74, 6) is -0.472. The maximum absolute atomic E-state index is 13.2. The van der Waals surface area contributed by atoms with Gasteiger partial charge < -0.3 is 5.32 Å². The van der Waals surface area contributed by atoms with E-state index < -0.39 is 10.7 Å². The first-order valence-corrected chi connectivity index (χ1v) is 6.29. The molecule has 2 rings (SSSR count). The van der Waals surface area contributed by atoms with E-state index in [1.54, 1.807) is 0 Å². The predicted octanol–water partition coefficient (Wildman–Crippen LogP) is 3.58. The van der Waals surface area contributed by atoms with Crippen LogP contribution in [0.2, 0.25) is 0 Å². The van der Waals surface area contributed by atoms with Crippen LogP contribution in [-0.4, -0.2) is 4.92 Å². The summed E-state index contributed by atoms with van der Waals surface area (Å²) in [6.07, 6.45) is 0. The molecule has 0 aliphatic heterocycles. The average molecular weight is 274 g/mol. The van der Waals surface area contributed by atoms with Gasteiger partial charge in [0.2, 0.25) is 0 Å². The molecule has 104 valence electrons. The lowest BCUT2D eigenvalue weighted by atomic mass is 10.1. The largest absolute Gasteiger partial charge is 0.306 e. The van der Waals surface area contributed by atoms with Gasteiger partial charge in [0.25, 0.3) is 5.69 Å². The molecule has 0 aliphatic rings. The number of rotatable bonds is 5. The fraction of sp³-hybridized carbons (Fsp3) is 0.200. The van der Waals surface area contributed by atoms with E-state index in [9.17, 15) is 14.5 Å². The summed E-state index contributed by atoms with van der Waals surface area (Å²) < 4.78 is 13.2. The van der Waals surface area contributed by atoms with Gasteiger partial charge in [0.15, 0.2) is 0 Å². The van der Waals surface area contributed by atoms with Gasteiger partial charge in [-0.3, -0.25) is 10.1 Å². The van der Waals surface area contributed by atoms with Gasteiger partial charge in [-0.25, -0.2) is 4.39 Å². The van der Waals surface area contributed by atoms with Gasteiger partial charge >= 0.3 is 0 Å². The average Bonchev–Trinajstić information content (AvgIpc) is 2.45. The van der Waals surface area contributed by atoms with Crippen molar-refractivity contribution in [3.05, 3.63) is 75.6 Å². The summed E-state index contributed by atoms with van der Waals surface area (Å²) in [7, 11) is 0. The second-order valence-electron chi connectivity index (χ2n) is 4.54. The molecule has 2 aromatic rings. The molecule has 5 heteroatoms. The molecule has 0 bridgehead atoms. The summed E-state index contributed by atoms with van der Waals surface area (Å²) in [6, 6.07) is 13.2. The molecule has 0 heterocycles. The summed E-state index contributed by atoms with van der Waals surface area (Å²) in [4.78, 5) is 10.4. The number of nitro benzene ring substituents is 1. The van der Waals surface area contributed by atoms with Crippen molar-refractivity contribution in [2.24, 2.45) is 0 Å². The Labute approximate surface area is 116 Å². The molecule has 0 saturated carbocycles. The molecule has 0 unspecified atom stereocenters. The highest BCUT2D eigenvalue weighted by Gasteiger charge is 2.15. The maximum Gasteiger partial charge on any atom is 0.274 e. The second-order valence-corrected chi connectivity index (χ2v) is 4.54. The van der Waals surface area contributed by atoms with Crippen LogP contribution in [0.25, 0.3) is 0 Å². The molecule has 2 aromatic carbocycles. The SMILES string of the molecule is C[C@H](NCc1cc(F)ccc1[N+](=O)[O-])c1ccccc1. The summed E-state index contributed by atoms with van der Waals surface area (Å²) in [6.45, 7) is 2.20. The first-order chi connectivity index (χ1) is 9.58. The predicted molar refractivity (Wildman–Crippen MR) is 74.8 cm³/mol. The highest BCUT2D eigenvalue weighted by molar-refractivity contribution is 5.40. The van der Waals surface area contributed by atoms with E-state index in [1.165, 1.54) is 12.1 Å². The Hall–Kier alpha value is -2.27. The minimum absolute atomic E-state index is 0.0269. The van der Waals surface area contributed by atoms with Crippen molar-refractivity contribution < 1.29 is 9.31 Å².